The van der Waals surface area contributed by atoms with E-state index < -0.39 is 0 Å². The normalized spacial score (nSPS) is 18.3. The lowest BCUT2D eigenvalue weighted by Gasteiger charge is -2.22. The van der Waals surface area contributed by atoms with E-state index in [1.54, 1.807) is 41.3 Å². The zero-order valence-electron chi connectivity index (χ0n) is 14.9. The lowest BCUT2D eigenvalue weighted by molar-refractivity contribution is -0.117. The monoisotopic (exact) mass is 368 g/mol. The molecule has 2 amide bonds. The highest BCUT2D eigenvalue weighted by Crippen LogP contribution is 2.35. The molecule has 0 spiro atoms. The molecule has 0 radical (unpaired) electrons. The number of carbonyl (C=O) groups excluding carboxylic acids is 2. The van der Waals surface area contributed by atoms with Gasteiger partial charge in [-0.3, -0.25) is 9.59 Å². The Kier molecular flexibility index (Phi) is 4.58. The number of para-hydroxylation sites is 1. The van der Waals surface area contributed by atoms with E-state index in [-0.39, 0.29) is 24.3 Å². The van der Waals surface area contributed by atoms with Crippen LogP contribution in [0.2, 0.25) is 0 Å². The molecule has 7 nitrogen and oxygen atoms in total. The summed E-state index contributed by atoms with van der Waals surface area (Å²) in [6.07, 6.45) is 0.245. The summed E-state index contributed by atoms with van der Waals surface area (Å²) in [7, 11) is 1.52. The van der Waals surface area contributed by atoms with Gasteiger partial charge in [0, 0.05) is 24.7 Å². The standard InChI is InChI=1S/C20H20N2O5/c1-25-16-5-3-2-4-15(16)20(24)21-13-10-19(23)22(12-13)14-6-7-17-18(11-14)27-9-8-26-17/h2-7,11,13H,8-10,12H2,1H3,(H,21,24)/t13-/m0/s1. The summed E-state index contributed by atoms with van der Waals surface area (Å²) in [5.41, 5.74) is 1.18. The Morgan fingerprint density at radius 3 is 2.74 bits per heavy atom. The molecule has 0 unspecified atom stereocenters. The molecule has 1 saturated heterocycles. The smallest absolute Gasteiger partial charge is 0.255 e. The average Bonchev–Trinajstić information content (AvgIpc) is 3.07. The predicted molar refractivity (Wildman–Crippen MR) is 98.7 cm³/mol. The highest BCUT2D eigenvalue weighted by Gasteiger charge is 2.32. The van der Waals surface area contributed by atoms with Crippen LogP contribution in [0.1, 0.15) is 16.8 Å². The number of nitrogens with zero attached hydrogens (tertiary/aromatic N) is 1. The van der Waals surface area contributed by atoms with Gasteiger partial charge in [0.1, 0.15) is 19.0 Å². The molecule has 2 aliphatic rings. The average molecular weight is 368 g/mol. The SMILES string of the molecule is COc1ccccc1C(=O)N[C@H]1CC(=O)N(c2ccc3c(c2)OCCO3)C1. The molecule has 0 aromatic heterocycles. The maximum absolute atomic E-state index is 12.6. The first-order chi connectivity index (χ1) is 13.2. The largest absolute Gasteiger partial charge is 0.496 e. The number of carbonyl (C=O) groups is 2. The van der Waals surface area contributed by atoms with Gasteiger partial charge >= 0.3 is 0 Å². The minimum Gasteiger partial charge on any atom is -0.496 e. The van der Waals surface area contributed by atoms with Gasteiger partial charge in [-0.1, -0.05) is 12.1 Å². The summed E-state index contributed by atoms with van der Waals surface area (Å²) in [5.74, 6) is 1.51. The molecule has 0 saturated carbocycles. The van der Waals surface area contributed by atoms with E-state index in [4.69, 9.17) is 14.2 Å². The van der Waals surface area contributed by atoms with E-state index in [0.29, 0.717) is 42.6 Å². The Labute approximate surface area is 156 Å². The van der Waals surface area contributed by atoms with Crippen LogP contribution >= 0.6 is 0 Å². The Morgan fingerprint density at radius 1 is 1.15 bits per heavy atom. The molecule has 27 heavy (non-hydrogen) atoms. The van der Waals surface area contributed by atoms with Crippen LogP contribution in [0.3, 0.4) is 0 Å². The second-order valence-corrected chi connectivity index (χ2v) is 6.41. The molecule has 140 valence electrons. The first kappa shape index (κ1) is 17.2. The van der Waals surface area contributed by atoms with Crippen LogP contribution in [0.15, 0.2) is 42.5 Å². The fraction of sp³-hybridized carbons (Fsp3) is 0.300. The first-order valence-electron chi connectivity index (χ1n) is 8.79. The molecular formula is C20H20N2O5. The van der Waals surface area contributed by atoms with Crippen molar-refractivity contribution < 1.29 is 23.8 Å². The van der Waals surface area contributed by atoms with Crippen LogP contribution < -0.4 is 24.4 Å². The van der Waals surface area contributed by atoms with Gasteiger partial charge in [-0.05, 0) is 24.3 Å². The van der Waals surface area contributed by atoms with Gasteiger partial charge in [-0.2, -0.15) is 0 Å². The minimum absolute atomic E-state index is 0.0444. The van der Waals surface area contributed by atoms with Gasteiger partial charge in [0.25, 0.3) is 5.91 Å². The maximum Gasteiger partial charge on any atom is 0.255 e. The van der Waals surface area contributed by atoms with Crippen LogP contribution in [-0.2, 0) is 4.79 Å². The summed E-state index contributed by atoms with van der Waals surface area (Å²) in [4.78, 5) is 26.7. The Bertz CT molecular complexity index is 882. The lowest BCUT2D eigenvalue weighted by atomic mass is 10.1. The van der Waals surface area contributed by atoms with Crippen LogP contribution in [0.25, 0.3) is 0 Å². The highest BCUT2D eigenvalue weighted by molar-refractivity contribution is 6.00. The van der Waals surface area contributed by atoms with Crippen molar-refractivity contribution in [1.82, 2.24) is 5.32 Å². The van der Waals surface area contributed by atoms with Crippen molar-refractivity contribution in [1.29, 1.82) is 0 Å². The van der Waals surface area contributed by atoms with E-state index >= 15 is 0 Å². The molecule has 7 heteroatoms. The van der Waals surface area contributed by atoms with Crippen LogP contribution in [0, 0.1) is 0 Å². The number of nitrogens with one attached hydrogen (secondary N) is 1. The van der Waals surface area contributed by atoms with Crippen molar-refractivity contribution >= 4 is 17.5 Å². The van der Waals surface area contributed by atoms with Crippen molar-refractivity contribution in [3.63, 3.8) is 0 Å². The molecule has 0 bridgehead atoms. The summed E-state index contributed by atoms with van der Waals surface area (Å²) in [6, 6.07) is 12.2. The van der Waals surface area contributed by atoms with Gasteiger partial charge in [0.2, 0.25) is 5.91 Å². The van der Waals surface area contributed by atoms with E-state index in [1.807, 2.05) is 6.07 Å². The first-order valence-corrected chi connectivity index (χ1v) is 8.79. The third-order valence-corrected chi connectivity index (χ3v) is 4.65. The van der Waals surface area contributed by atoms with Gasteiger partial charge in [0.05, 0.1) is 18.7 Å². The van der Waals surface area contributed by atoms with E-state index in [2.05, 4.69) is 5.32 Å². The van der Waals surface area contributed by atoms with Crippen molar-refractivity contribution in [3.05, 3.63) is 48.0 Å². The van der Waals surface area contributed by atoms with Crippen molar-refractivity contribution in [2.75, 3.05) is 31.8 Å². The van der Waals surface area contributed by atoms with Crippen molar-refractivity contribution in [3.8, 4) is 17.2 Å². The van der Waals surface area contributed by atoms with E-state index in [0.717, 1.165) is 5.69 Å². The molecule has 0 aliphatic carbocycles. The van der Waals surface area contributed by atoms with Crippen LogP contribution in [0.5, 0.6) is 17.2 Å². The van der Waals surface area contributed by atoms with Gasteiger partial charge in [-0.25, -0.2) is 0 Å². The predicted octanol–water partition coefficient (Wildman–Crippen LogP) is 2.00. The molecule has 4 rings (SSSR count). The summed E-state index contributed by atoms with van der Waals surface area (Å²) < 4.78 is 16.3. The molecule has 2 aliphatic heterocycles. The number of hydrogen-bond donors (Lipinski definition) is 1. The Balaban J connectivity index is 1.47. The van der Waals surface area contributed by atoms with Gasteiger partial charge in [-0.15, -0.1) is 0 Å². The third kappa shape index (κ3) is 3.40. The fourth-order valence-corrected chi connectivity index (χ4v) is 3.35. The highest BCUT2D eigenvalue weighted by atomic mass is 16.6. The number of rotatable bonds is 4. The maximum atomic E-state index is 12.6. The number of anilines is 1. The third-order valence-electron chi connectivity index (χ3n) is 4.65. The van der Waals surface area contributed by atoms with Crippen LogP contribution in [0.4, 0.5) is 5.69 Å². The molecule has 2 aromatic rings. The van der Waals surface area contributed by atoms with E-state index in [9.17, 15) is 9.59 Å². The number of fused-ring (bicyclic) bond motifs is 1. The quantitative estimate of drug-likeness (QED) is 0.893. The molecule has 2 heterocycles. The van der Waals surface area contributed by atoms with Gasteiger partial charge < -0.3 is 24.4 Å². The second-order valence-electron chi connectivity index (χ2n) is 6.41. The summed E-state index contributed by atoms with van der Waals surface area (Å²) in [5, 5.41) is 2.92. The Hall–Kier alpha value is -3.22. The number of methoxy groups -OCH3 is 1. The zero-order chi connectivity index (χ0) is 18.8. The fourth-order valence-electron chi connectivity index (χ4n) is 3.35. The summed E-state index contributed by atoms with van der Waals surface area (Å²) >= 11 is 0. The molecule has 1 N–H and O–H groups in total. The van der Waals surface area contributed by atoms with E-state index in [1.165, 1.54) is 7.11 Å². The van der Waals surface area contributed by atoms with Crippen molar-refractivity contribution in [2.45, 2.75) is 12.5 Å². The Morgan fingerprint density at radius 2 is 1.93 bits per heavy atom. The van der Waals surface area contributed by atoms with Crippen LogP contribution in [-0.4, -0.2) is 44.7 Å². The summed E-state index contributed by atoms with van der Waals surface area (Å²) in [6.45, 7) is 1.41. The molecule has 1 atom stereocenters. The number of ether oxygens (including phenoxy) is 3. The molecular weight excluding hydrogens is 348 g/mol. The number of hydrogen-bond acceptors (Lipinski definition) is 5. The molecule has 1 fully saturated rings. The van der Waals surface area contributed by atoms with Crippen molar-refractivity contribution in [2.24, 2.45) is 0 Å². The molecule has 2 aromatic carbocycles. The lowest BCUT2D eigenvalue weighted by Crippen LogP contribution is -2.37. The number of amides is 2. The zero-order valence-corrected chi connectivity index (χ0v) is 14.9. The minimum atomic E-state index is -0.275. The number of benzene rings is 2. The topological polar surface area (TPSA) is 77.1 Å². The van der Waals surface area contributed by atoms with Gasteiger partial charge in [0.15, 0.2) is 11.5 Å². The second kappa shape index (κ2) is 7.19.